The van der Waals surface area contributed by atoms with Gasteiger partial charge in [-0.2, -0.15) is 0 Å². The van der Waals surface area contributed by atoms with Crippen LogP contribution in [0.15, 0.2) is 5.16 Å². The number of anilines is 1. The molecule has 0 aromatic carbocycles. The maximum Gasteiger partial charge on any atom is 0.199 e. The lowest BCUT2D eigenvalue weighted by Crippen LogP contribution is -2.41. The predicted molar refractivity (Wildman–Crippen MR) is 80.9 cm³/mol. The summed E-state index contributed by atoms with van der Waals surface area (Å²) >= 11 is 7.59. The van der Waals surface area contributed by atoms with Crippen LogP contribution in [-0.2, 0) is 9.84 Å². The van der Waals surface area contributed by atoms with Gasteiger partial charge in [0.25, 0.3) is 0 Å². The SMILES string of the molecule is CCSc1nc(Cl)c(OC)c(N2CCS(=O)(=O)CC2)n1. The van der Waals surface area contributed by atoms with Crippen LogP contribution >= 0.6 is 23.4 Å². The molecule has 1 fully saturated rings. The minimum atomic E-state index is -2.94. The van der Waals surface area contributed by atoms with Crippen molar-refractivity contribution in [1.82, 2.24) is 9.97 Å². The summed E-state index contributed by atoms with van der Waals surface area (Å²) in [4.78, 5) is 10.5. The molecule has 0 unspecified atom stereocenters. The van der Waals surface area contributed by atoms with Crippen molar-refractivity contribution < 1.29 is 13.2 Å². The van der Waals surface area contributed by atoms with E-state index < -0.39 is 9.84 Å². The average Bonchev–Trinajstić information content (AvgIpc) is 2.38. The molecule has 1 aliphatic heterocycles. The quantitative estimate of drug-likeness (QED) is 0.468. The predicted octanol–water partition coefficient (Wildman–Crippen LogP) is 1.49. The number of methoxy groups -OCH3 is 1. The first-order valence-electron chi connectivity index (χ1n) is 6.16. The summed E-state index contributed by atoms with van der Waals surface area (Å²) in [5.74, 6) is 2.03. The van der Waals surface area contributed by atoms with E-state index in [4.69, 9.17) is 16.3 Å². The molecule has 0 N–H and O–H groups in total. The molecule has 1 saturated heterocycles. The largest absolute Gasteiger partial charge is 0.490 e. The third-order valence-corrected chi connectivity index (χ3v) is 5.50. The molecule has 0 amide bonds. The van der Waals surface area contributed by atoms with E-state index in [1.807, 2.05) is 11.8 Å². The van der Waals surface area contributed by atoms with Crippen molar-refractivity contribution in [3.63, 3.8) is 0 Å². The van der Waals surface area contributed by atoms with Crippen molar-refractivity contribution in [2.24, 2.45) is 0 Å². The minimum Gasteiger partial charge on any atom is -0.490 e. The van der Waals surface area contributed by atoms with Crippen LogP contribution in [0.5, 0.6) is 5.75 Å². The molecule has 6 nitrogen and oxygen atoms in total. The maximum absolute atomic E-state index is 11.5. The van der Waals surface area contributed by atoms with E-state index in [1.54, 1.807) is 0 Å². The highest BCUT2D eigenvalue weighted by molar-refractivity contribution is 7.99. The fourth-order valence-corrected chi connectivity index (χ4v) is 3.96. The highest BCUT2D eigenvalue weighted by Crippen LogP contribution is 2.35. The van der Waals surface area contributed by atoms with Crippen molar-refractivity contribution >= 4 is 39.0 Å². The van der Waals surface area contributed by atoms with Crippen molar-refractivity contribution in [3.05, 3.63) is 5.15 Å². The number of rotatable bonds is 4. The van der Waals surface area contributed by atoms with Gasteiger partial charge in [-0.3, -0.25) is 0 Å². The fourth-order valence-electron chi connectivity index (χ4n) is 1.90. The zero-order valence-corrected chi connectivity index (χ0v) is 13.7. The summed E-state index contributed by atoms with van der Waals surface area (Å²) in [7, 11) is -1.44. The number of hydrogen-bond acceptors (Lipinski definition) is 7. The van der Waals surface area contributed by atoms with E-state index in [0.29, 0.717) is 29.8 Å². The van der Waals surface area contributed by atoms with Crippen molar-refractivity contribution in [2.75, 3.05) is 42.4 Å². The second-order valence-electron chi connectivity index (χ2n) is 4.23. The number of thioether (sulfide) groups is 1. The van der Waals surface area contributed by atoms with Gasteiger partial charge in [-0.25, -0.2) is 18.4 Å². The summed E-state index contributed by atoms with van der Waals surface area (Å²) < 4.78 is 28.3. The van der Waals surface area contributed by atoms with Crippen molar-refractivity contribution in [2.45, 2.75) is 12.1 Å². The van der Waals surface area contributed by atoms with Crippen molar-refractivity contribution in [1.29, 1.82) is 0 Å². The van der Waals surface area contributed by atoms with E-state index in [9.17, 15) is 8.42 Å². The van der Waals surface area contributed by atoms with E-state index in [0.717, 1.165) is 5.75 Å². The molecule has 9 heteroatoms. The normalized spacial score (nSPS) is 18.1. The van der Waals surface area contributed by atoms with Crippen LogP contribution in [0, 0.1) is 0 Å². The lowest BCUT2D eigenvalue weighted by molar-refractivity contribution is 0.409. The number of nitrogens with zero attached hydrogens (tertiary/aromatic N) is 3. The van der Waals surface area contributed by atoms with Crippen molar-refractivity contribution in [3.8, 4) is 5.75 Å². The zero-order chi connectivity index (χ0) is 14.8. The molecule has 0 aliphatic carbocycles. The van der Waals surface area contributed by atoms with Gasteiger partial charge in [0.1, 0.15) is 0 Å². The second kappa shape index (κ2) is 6.36. The van der Waals surface area contributed by atoms with Gasteiger partial charge < -0.3 is 9.64 Å². The van der Waals surface area contributed by atoms with Crippen LogP contribution in [0.1, 0.15) is 6.92 Å². The highest BCUT2D eigenvalue weighted by Gasteiger charge is 2.26. The molecule has 1 aromatic rings. The lowest BCUT2D eigenvalue weighted by Gasteiger charge is -2.29. The van der Waals surface area contributed by atoms with Gasteiger partial charge in [0.15, 0.2) is 31.7 Å². The Kier molecular flexibility index (Phi) is 4.98. The van der Waals surface area contributed by atoms with Crippen LogP contribution in [-0.4, -0.2) is 55.8 Å². The molecule has 0 radical (unpaired) electrons. The summed E-state index contributed by atoms with van der Waals surface area (Å²) in [5.41, 5.74) is 0. The molecule has 0 atom stereocenters. The zero-order valence-electron chi connectivity index (χ0n) is 11.3. The van der Waals surface area contributed by atoms with Gasteiger partial charge in [-0.05, 0) is 5.75 Å². The van der Waals surface area contributed by atoms with Gasteiger partial charge >= 0.3 is 0 Å². The summed E-state index contributed by atoms with van der Waals surface area (Å²) in [6.07, 6.45) is 0. The molecule has 1 aromatic heterocycles. The number of aromatic nitrogens is 2. The Morgan fingerprint density at radius 3 is 2.55 bits per heavy atom. The Labute approximate surface area is 127 Å². The fraction of sp³-hybridized carbons (Fsp3) is 0.636. The van der Waals surface area contributed by atoms with Gasteiger partial charge in [-0.1, -0.05) is 30.3 Å². The summed E-state index contributed by atoms with van der Waals surface area (Å²) in [5, 5.41) is 0.823. The van der Waals surface area contributed by atoms with Crippen LogP contribution in [0.4, 0.5) is 5.82 Å². The average molecular weight is 338 g/mol. The van der Waals surface area contributed by atoms with Gasteiger partial charge in [-0.15, -0.1) is 0 Å². The molecule has 1 aliphatic rings. The Balaban J connectivity index is 2.34. The molecule has 112 valence electrons. The van der Waals surface area contributed by atoms with E-state index in [2.05, 4.69) is 9.97 Å². The molecule has 0 spiro atoms. The Morgan fingerprint density at radius 2 is 2.00 bits per heavy atom. The third-order valence-electron chi connectivity index (χ3n) is 2.91. The van der Waals surface area contributed by atoms with Gasteiger partial charge in [0, 0.05) is 13.1 Å². The van der Waals surface area contributed by atoms with Crippen LogP contribution in [0.2, 0.25) is 5.15 Å². The highest BCUT2D eigenvalue weighted by atomic mass is 35.5. The molecule has 20 heavy (non-hydrogen) atoms. The first-order valence-corrected chi connectivity index (χ1v) is 9.35. The van der Waals surface area contributed by atoms with Gasteiger partial charge in [0.2, 0.25) is 0 Å². The van der Waals surface area contributed by atoms with Gasteiger partial charge in [0.05, 0.1) is 18.6 Å². The summed E-state index contributed by atoms with van der Waals surface area (Å²) in [6.45, 7) is 2.78. The first kappa shape index (κ1) is 15.7. The Hall–Kier alpha value is -0.730. The molecular weight excluding hydrogens is 322 g/mol. The number of ether oxygens (including phenoxy) is 1. The Bertz CT molecular complexity index is 581. The van der Waals surface area contributed by atoms with E-state index in [1.165, 1.54) is 18.9 Å². The standard InChI is InChI=1S/C11H16ClN3O3S2/c1-3-19-11-13-9(12)8(18-2)10(14-11)15-4-6-20(16,17)7-5-15/h3-7H2,1-2H3. The van der Waals surface area contributed by atoms with E-state index in [-0.39, 0.29) is 16.7 Å². The second-order valence-corrected chi connectivity index (χ2v) is 8.12. The lowest BCUT2D eigenvalue weighted by atomic mass is 10.4. The first-order chi connectivity index (χ1) is 9.46. The van der Waals surface area contributed by atoms with E-state index >= 15 is 0 Å². The minimum absolute atomic E-state index is 0.119. The topological polar surface area (TPSA) is 72.4 Å². The number of hydrogen-bond donors (Lipinski definition) is 0. The van der Waals surface area contributed by atoms with Crippen LogP contribution in [0.25, 0.3) is 0 Å². The molecular formula is C11H16ClN3O3S2. The smallest absolute Gasteiger partial charge is 0.199 e. The number of sulfone groups is 1. The maximum atomic E-state index is 11.5. The molecule has 0 bridgehead atoms. The Morgan fingerprint density at radius 1 is 1.35 bits per heavy atom. The number of halogens is 1. The third kappa shape index (κ3) is 3.48. The monoisotopic (exact) mass is 337 g/mol. The molecule has 0 saturated carbocycles. The molecule has 2 rings (SSSR count). The van der Waals surface area contributed by atoms with Crippen LogP contribution in [0.3, 0.4) is 0 Å². The summed E-state index contributed by atoms with van der Waals surface area (Å²) in [6, 6.07) is 0. The van der Waals surface area contributed by atoms with Crippen LogP contribution < -0.4 is 9.64 Å². The molecule has 2 heterocycles.